The van der Waals surface area contributed by atoms with E-state index < -0.39 is 5.54 Å². The smallest absolute Gasteiger partial charge is 0.325 e. The van der Waals surface area contributed by atoms with E-state index >= 15 is 0 Å². The van der Waals surface area contributed by atoms with Gasteiger partial charge in [-0.15, -0.1) is 0 Å². The predicted octanol–water partition coefficient (Wildman–Crippen LogP) is 3.87. The maximum absolute atomic E-state index is 13.0. The average Bonchev–Trinajstić information content (AvgIpc) is 2.94. The van der Waals surface area contributed by atoms with Crippen LogP contribution >= 0.6 is 0 Å². The van der Waals surface area contributed by atoms with Crippen LogP contribution in [0.15, 0.2) is 12.2 Å². The Labute approximate surface area is 168 Å². The number of aliphatic hydroxyl groups is 1. The summed E-state index contributed by atoms with van der Waals surface area (Å²) in [5.74, 6) is 1.000. The van der Waals surface area contributed by atoms with Crippen molar-refractivity contribution in [2.24, 2.45) is 28.6 Å². The molecule has 0 aromatic rings. The van der Waals surface area contributed by atoms with Crippen molar-refractivity contribution >= 4 is 11.9 Å². The van der Waals surface area contributed by atoms with Crippen LogP contribution in [0.5, 0.6) is 0 Å². The highest BCUT2D eigenvalue weighted by Crippen LogP contribution is 2.63. The van der Waals surface area contributed by atoms with Crippen LogP contribution in [-0.2, 0) is 4.79 Å². The van der Waals surface area contributed by atoms with E-state index in [0.29, 0.717) is 11.8 Å². The molecule has 0 aromatic heterocycles. The molecule has 0 aromatic carbocycles. The molecule has 0 spiro atoms. The largest absolute Gasteiger partial charge is 0.393 e. The second-order valence-electron chi connectivity index (χ2n) is 11.3. The summed E-state index contributed by atoms with van der Waals surface area (Å²) >= 11 is 0. The molecule has 156 valence electrons. The molecule has 3 amide bonds. The zero-order chi connectivity index (χ0) is 20.5. The monoisotopic (exact) mass is 388 g/mol. The number of carbonyl (C=O) groups is 2. The van der Waals surface area contributed by atoms with Gasteiger partial charge in [-0.25, -0.2) is 4.79 Å². The van der Waals surface area contributed by atoms with E-state index in [2.05, 4.69) is 19.2 Å². The van der Waals surface area contributed by atoms with Gasteiger partial charge in [-0.2, -0.15) is 0 Å². The van der Waals surface area contributed by atoms with Gasteiger partial charge < -0.3 is 10.4 Å². The number of urea groups is 1. The van der Waals surface area contributed by atoms with Crippen molar-refractivity contribution < 1.29 is 14.7 Å². The molecule has 2 N–H and O–H groups in total. The minimum Gasteiger partial charge on any atom is -0.393 e. The second-order valence-corrected chi connectivity index (χ2v) is 11.3. The van der Waals surface area contributed by atoms with Crippen molar-refractivity contribution in [2.75, 3.05) is 0 Å². The summed E-state index contributed by atoms with van der Waals surface area (Å²) in [6, 6.07) is -0.499. The highest BCUT2D eigenvalue weighted by molar-refractivity contribution is 6.02. The molecule has 4 rings (SSSR count). The van der Waals surface area contributed by atoms with Crippen LogP contribution < -0.4 is 5.32 Å². The Hall–Kier alpha value is -1.36. The number of hydrogen-bond acceptors (Lipinski definition) is 3. The summed E-state index contributed by atoms with van der Waals surface area (Å²) in [5, 5.41) is 14.2. The number of amides is 3. The number of nitrogens with zero attached hydrogens (tertiary/aromatic N) is 1. The lowest BCUT2D eigenvalue weighted by Gasteiger charge is -2.61. The van der Waals surface area contributed by atoms with Gasteiger partial charge in [0.1, 0.15) is 0 Å². The summed E-state index contributed by atoms with van der Waals surface area (Å²) in [5.41, 5.74) is -0.515. The summed E-state index contributed by atoms with van der Waals surface area (Å²) in [7, 11) is 0. The Bertz CT molecular complexity index is 711. The minimum absolute atomic E-state index is 0.108. The van der Waals surface area contributed by atoms with Gasteiger partial charge in [0.05, 0.1) is 12.1 Å². The van der Waals surface area contributed by atoms with Crippen LogP contribution in [0.25, 0.3) is 0 Å². The number of aliphatic hydroxyl groups excluding tert-OH is 1. The van der Waals surface area contributed by atoms with Gasteiger partial charge in [0.2, 0.25) is 0 Å². The molecule has 28 heavy (non-hydrogen) atoms. The molecular weight excluding hydrogens is 352 g/mol. The number of carbonyl (C=O) groups excluding carboxylic acids is 2. The van der Waals surface area contributed by atoms with Crippen LogP contribution in [0.3, 0.4) is 0 Å². The van der Waals surface area contributed by atoms with Gasteiger partial charge in [0, 0.05) is 17.0 Å². The molecule has 7 atom stereocenters. The first-order valence-electron chi connectivity index (χ1n) is 11.0. The zero-order valence-corrected chi connectivity index (χ0v) is 18.0. The molecule has 0 radical (unpaired) electrons. The van der Waals surface area contributed by atoms with E-state index in [1.54, 1.807) is 6.08 Å². The van der Waals surface area contributed by atoms with E-state index in [1.165, 1.54) is 24.2 Å². The molecule has 0 saturated heterocycles. The molecule has 5 heteroatoms. The van der Waals surface area contributed by atoms with Crippen molar-refractivity contribution in [1.29, 1.82) is 0 Å². The fraction of sp³-hybridized carbons (Fsp3) is 0.826. The van der Waals surface area contributed by atoms with Crippen molar-refractivity contribution in [3.05, 3.63) is 12.2 Å². The zero-order valence-electron chi connectivity index (χ0n) is 18.0. The number of hydrogen-bond donors (Lipinski definition) is 2. The molecule has 3 unspecified atom stereocenters. The molecular formula is C23H36N2O3. The van der Waals surface area contributed by atoms with Gasteiger partial charge >= 0.3 is 6.03 Å². The topological polar surface area (TPSA) is 69.6 Å². The number of nitrogens with one attached hydrogen (secondary N) is 1. The van der Waals surface area contributed by atoms with Crippen molar-refractivity contribution in [1.82, 2.24) is 10.2 Å². The van der Waals surface area contributed by atoms with Crippen LogP contribution in [-0.4, -0.2) is 39.6 Å². The van der Waals surface area contributed by atoms with E-state index in [0.717, 1.165) is 19.3 Å². The first-order chi connectivity index (χ1) is 13.0. The first-order valence-corrected chi connectivity index (χ1v) is 11.0. The minimum atomic E-state index is -0.401. The fourth-order valence-electron chi connectivity index (χ4n) is 7.26. The molecule has 3 fully saturated rings. The van der Waals surface area contributed by atoms with E-state index in [9.17, 15) is 14.7 Å². The van der Waals surface area contributed by atoms with E-state index in [-0.39, 0.29) is 40.8 Å². The maximum Gasteiger partial charge on any atom is 0.325 e. The summed E-state index contributed by atoms with van der Waals surface area (Å²) in [6.45, 7) is 10.3. The lowest BCUT2D eigenvalue weighted by Crippen LogP contribution is -2.66. The standard InChI is InChI=1S/C23H36N2O3/c1-21(2,3)24-20(28)25-17-9-8-14-15-7-6-11-22(15,4)13-16(26)19(14)23(17,5)12-10-18(25)27/h10,12,14-17,19,26H,6-9,11,13H2,1-5H3,(H,24,28)/t14?,15?,16-,17-,19?,22+,23+/m1/s1. The van der Waals surface area contributed by atoms with Gasteiger partial charge in [0.25, 0.3) is 5.91 Å². The lowest BCUT2D eigenvalue weighted by atomic mass is 9.47. The number of imide groups is 1. The quantitative estimate of drug-likeness (QED) is 0.662. The third kappa shape index (κ3) is 2.92. The van der Waals surface area contributed by atoms with Gasteiger partial charge in [-0.3, -0.25) is 9.69 Å². The highest BCUT2D eigenvalue weighted by Gasteiger charge is 2.62. The molecule has 3 saturated carbocycles. The Kier molecular flexibility index (Phi) is 4.50. The van der Waals surface area contributed by atoms with Crippen LogP contribution in [0.4, 0.5) is 4.79 Å². The molecule has 1 heterocycles. The van der Waals surface area contributed by atoms with Gasteiger partial charge in [0.15, 0.2) is 0 Å². The maximum atomic E-state index is 13.0. The second kappa shape index (κ2) is 6.32. The third-order valence-electron chi connectivity index (χ3n) is 8.27. The average molecular weight is 389 g/mol. The van der Waals surface area contributed by atoms with Crippen LogP contribution in [0.2, 0.25) is 0 Å². The number of rotatable bonds is 0. The predicted molar refractivity (Wildman–Crippen MR) is 108 cm³/mol. The number of fused-ring (bicyclic) bond motifs is 5. The Morgan fingerprint density at radius 2 is 1.96 bits per heavy atom. The molecule has 1 aliphatic heterocycles. The Morgan fingerprint density at radius 1 is 1.25 bits per heavy atom. The van der Waals surface area contributed by atoms with Gasteiger partial charge in [-0.1, -0.05) is 26.3 Å². The van der Waals surface area contributed by atoms with E-state index in [4.69, 9.17) is 0 Å². The third-order valence-corrected chi connectivity index (χ3v) is 8.27. The van der Waals surface area contributed by atoms with Gasteiger partial charge in [-0.05, 0) is 76.0 Å². The Balaban J connectivity index is 1.68. The van der Waals surface area contributed by atoms with Crippen molar-refractivity contribution in [2.45, 2.75) is 90.8 Å². The first kappa shape index (κ1) is 19.9. The van der Waals surface area contributed by atoms with E-state index in [1.807, 2.05) is 26.8 Å². The SMILES string of the molecule is CC(C)(C)NC(=O)N1C(=O)C=C[C@]2(C)C3C(CC[C@@H]12)C1CCC[C@@]1(C)C[C@H]3O. The van der Waals surface area contributed by atoms with Crippen LogP contribution in [0, 0.1) is 28.6 Å². The summed E-state index contributed by atoms with van der Waals surface area (Å²) in [4.78, 5) is 27.1. The molecule has 5 nitrogen and oxygen atoms in total. The normalized spacial score (nSPS) is 45.3. The fourth-order valence-corrected chi connectivity index (χ4v) is 7.26. The summed E-state index contributed by atoms with van der Waals surface area (Å²) < 4.78 is 0. The molecule has 4 aliphatic rings. The Morgan fingerprint density at radius 3 is 2.64 bits per heavy atom. The highest BCUT2D eigenvalue weighted by atomic mass is 16.3. The summed E-state index contributed by atoms with van der Waals surface area (Å²) in [6.07, 6.45) is 9.59. The van der Waals surface area contributed by atoms with Crippen molar-refractivity contribution in [3.63, 3.8) is 0 Å². The van der Waals surface area contributed by atoms with Crippen LogP contribution in [0.1, 0.15) is 73.1 Å². The molecule has 0 bridgehead atoms. The molecule has 3 aliphatic carbocycles. The van der Waals surface area contributed by atoms with Crippen molar-refractivity contribution in [3.8, 4) is 0 Å². The lowest BCUT2D eigenvalue weighted by molar-refractivity contribution is -0.152.